The van der Waals surface area contributed by atoms with Crippen molar-refractivity contribution in [1.82, 2.24) is 14.3 Å². The van der Waals surface area contributed by atoms with Gasteiger partial charge in [0.25, 0.3) is 0 Å². The van der Waals surface area contributed by atoms with Gasteiger partial charge >= 0.3 is 0 Å². The zero-order chi connectivity index (χ0) is 16.9. The van der Waals surface area contributed by atoms with Crippen molar-refractivity contribution in [2.75, 3.05) is 19.0 Å². The van der Waals surface area contributed by atoms with Crippen molar-refractivity contribution in [3.05, 3.63) is 41.2 Å². The van der Waals surface area contributed by atoms with E-state index in [-0.39, 0.29) is 24.8 Å². The smallest absolute Gasteiger partial charge is 0.240 e. The molecular formula is C17H18N4O2S. The van der Waals surface area contributed by atoms with Gasteiger partial charge in [-0.25, -0.2) is 4.98 Å². The van der Waals surface area contributed by atoms with Gasteiger partial charge in [0.05, 0.1) is 12.0 Å². The number of amides is 2. The molecule has 0 radical (unpaired) electrons. The van der Waals surface area contributed by atoms with Crippen molar-refractivity contribution in [1.29, 1.82) is 0 Å². The summed E-state index contributed by atoms with van der Waals surface area (Å²) >= 11 is 1.27. The van der Waals surface area contributed by atoms with Crippen LogP contribution in [-0.2, 0) is 28.0 Å². The second-order valence-corrected chi connectivity index (χ2v) is 7.32. The third kappa shape index (κ3) is 2.15. The van der Waals surface area contributed by atoms with Crippen LogP contribution >= 0.6 is 11.5 Å². The number of likely N-dealkylation sites (tertiary alicyclic amines) is 1. The first-order valence-corrected chi connectivity index (χ1v) is 8.72. The number of fused-ring (bicyclic) bond motifs is 2. The van der Waals surface area contributed by atoms with E-state index in [0.717, 1.165) is 17.1 Å². The number of nitrogens with zero attached hydrogens (tertiary/aromatic N) is 4. The zero-order valence-electron chi connectivity index (χ0n) is 13.7. The van der Waals surface area contributed by atoms with Gasteiger partial charge in [-0.05, 0) is 24.0 Å². The third-order valence-electron chi connectivity index (χ3n) is 4.90. The maximum atomic E-state index is 13.1. The number of benzene rings is 1. The van der Waals surface area contributed by atoms with Crippen LogP contribution in [0.4, 0.5) is 5.13 Å². The Labute approximate surface area is 144 Å². The lowest BCUT2D eigenvalue weighted by atomic mass is 9.80. The minimum Gasteiger partial charge on any atom is -0.353 e. The Morgan fingerprint density at radius 3 is 2.83 bits per heavy atom. The molecule has 1 aliphatic carbocycles. The van der Waals surface area contributed by atoms with Crippen LogP contribution in [0.25, 0.3) is 0 Å². The molecule has 124 valence electrons. The second kappa shape index (κ2) is 5.37. The standard InChI is InChI=1S/C17H18N4O2S/c1-20(2)16-18-13(19-24-16)10-21-14(22)9-17(15(21)23)8-7-11-5-3-4-6-12(11)17/h3-6H,7-10H2,1-2H3/t17-/m0/s1. The fraction of sp³-hybridized carbons (Fsp3) is 0.412. The van der Waals surface area contributed by atoms with Gasteiger partial charge in [-0.15, -0.1) is 0 Å². The Balaban J connectivity index is 1.63. The Hall–Kier alpha value is -2.28. The Morgan fingerprint density at radius 2 is 2.08 bits per heavy atom. The van der Waals surface area contributed by atoms with Crippen molar-refractivity contribution < 1.29 is 9.59 Å². The highest BCUT2D eigenvalue weighted by molar-refractivity contribution is 7.09. The lowest BCUT2D eigenvalue weighted by Crippen LogP contribution is -2.37. The van der Waals surface area contributed by atoms with Crippen molar-refractivity contribution in [2.45, 2.75) is 31.2 Å². The fourth-order valence-corrected chi connectivity index (χ4v) is 4.28. The molecule has 0 unspecified atom stereocenters. The van der Waals surface area contributed by atoms with Crippen LogP contribution in [0, 0.1) is 0 Å². The number of anilines is 1. The molecule has 4 rings (SSSR count). The first kappa shape index (κ1) is 15.3. The number of aromatic nitrogens is 2. The van der Waals surface area contributed by atoms with Crippen molar-refractivity contribution in [3.8, 4) is 0 Å². The molecular weight excluding hydrogens is 324 g/mol. The minimum atomic E-state index is -0.673. The summed E-state index contributed by atoms with van der Waals surface area (Å²) in [6.45, 7) is 0.159. The molecule has 2 heterocycles. The van der Waals surface area contributed by atoms with Gasteiger partial charge in [0.1, 0.15) is 0 Å². The van der Waals surface area contributed by atoms with Crippen LogP contribution in [0.1, 0.15) is 29.8 Å². The second-order valence-electron chi connectivity index (χ2n) is 6.59. The maximum Gasteiger partial charge on any atom is 0.240 e. The highest BCUT2D eigenvalue weighted by atomic mass is 32.1. The summed E-state index contributed by atoms with van der Waals surface area (Å²) in [7, 11) is 3.78. The number of hydrogen-bond acceptors (Lipinski definition) is 6. The molecule has 2 amide bonds. The summed E-state index contributed by atoms with van der Waals surface area (Å²) in [5.74, 6) is 0.297. The topological polar surface area (TPSA) is 66.4 Å². The third-order valence-corrected chi connectivity index (χ3v) is 5.82. The molecule has 1 atom stereocenters. The van der Waals surface area contributed by atoms with Gasteiger partial charge in [0.2, 0.25) is 16.9 Å². The van der Waals surface area contributed by atoms with E-state index in [1.807, 2.05) is 37.2 Å². The molecule has 0 bridgehead atoms. The Kier molecular flexibility index (Phi) is 3.42. The van der Waals surface area contributed by atoms with Gasteiger partial charge in [0.15, 0.2) is 5.82 Å². The van der Waals surface area contributed by atoms with Crippen molar-refractivity contribution in [3.63, 3.8) is 0 Å². The lowest BCUT2D eigenvalue weighted by molar-refractivity contribution is -0.140. The van der Waals surface area contributed by atoms with E-state index in [9.17, 15) is 9.59 Å². The first-order chi connectivity index (χ1) is 11.5. The molecule has 1 aromatic carbocycles. The Morgan fingerprint density at radius 1 is 1.29 bits per heavy atom. The fourth-order valence-electron chi connectivity index (χ4n) is 3.69. The summed E-state index contributed by atoms with van der Waals surface area (Å²) in [6, 6.07) is 7.97. The molecule has 0 N–H and O–H groups in total. The molecule has 7 heteroatoms. The predicted molar refractivity (Wildman–Crippen MR) is 90.9 cm³/mol. The summed E-state index contributed by atoms with van der Waals surface area (Å²) < 4.78 is 4.27. The van der Waals surface area contributed by atoms with Crippen molar-refractivity contribution in [2.24, 2.45) is 0 Å². The van der Waals surface area contributed by atoms with Crippen molar-refractivity contribution >= 4 is 28.5 Å². The average Bonchev–Trinajstić information content (AvgIpc) is 3.23. The van der Waals surface area contributed by atoms with Crippen LogP contribution in [0.5, 0.6) is 0 Å². The van der Waals surface area contributed by atoms with E-state index in [4.69, 9.17) is 0 Å². The van der Waals surface area contributed by atoms with Crippen LogP contribution < -0.4 is 4.90 Å². The minimum absolute atomic E-state index is 0.0985. The largest absolute Gasteiger partial charge is 0.353 e. The highest BCUT2D eigenvalue weighted by Gasteiger charge is 2.55. The molecule has 6 nitrogen and oxygen atoms in total. The lowest BCUT2D eigenvalue weighted by Gasteiger charge is -2.22. The average molecular weight is 342 g/mol. The number of aryl methyl sites for hydroxylation is 1. The van der Waals surface area contributed by atoms with Gasteiger partial charge in [-0.1, -0.05) is 24.3 Å². The number of hydrogen-bond donors (Lipinski definition) is 0. The molecule has 1 aliphatic heterocycles. The molecule has 1 aromatic heterocycles. The molecule has 1 saturated heterocycles. The molecule has 1 fully saturated rings. The van der Waals surface area contributed by atoms with Gasteiger partial charge in [0, 0.05) is 32.0 Å². The maximum absolute atomic E-state index is 13.1. The summed E-state index contributed by atoms with van der Waals surface area (Å²) in [4.78, 5) is 33.2. The van der Waals surface area contributed by atoms with Gasteiger partial charge < -0.3 is 4.90 Å². The normalized spacial score (nSPS) is 22.5. The van der Waals surface area contributed by atoms with Gasteiger partial charge in [-0.2, -0.15) is 4.37 Å². The SMILES string of the molecule is CN(C)c1nc(CN2C(=O)C[C@]3(CCc4ccccc43)C2=O)ns1. The molecule has 1 spiro atoms. The van der Waals surface area contributed by atoms with E-state index in [1.165, 1.54) is 22.0 Å². The quantitative estimate of drug-likeness (QED) is 0.795. The molecule has 0 saturated carbocycles. The molecule has 2 aliphatic rings. The number of rotatable bonds is 3. The Bertz CT molecular complexity index is 832. The summed E-state index contributed by atoms with van der Waals surface area (Å²) in [5.41, 5.74) is 1.53. The number of imide groups is 1. The summed E-state index contributed by atoms with van der Waals surface area (Å²) in [5, 5.41) is 0.769. The number of carbonyl (C=O) groups excluding carboxylic acids is 2. The van der Waals surface area contributed by atoms with Crippen LogP contribution in [0.2, 0.25) is 0 Å². The van der Waals surface area contributed by atoms with E-state index in [1.54, 1.807) is 0 Å². The zero-order valence-corrected chi connectivity index (χ0v) is 14.5. The summed E-state index contributed by atoms with van der Waals surface area (Å²) in [6.07, 6.45) is 1.82. The van der Waals surface area contributed by atoms with Crippen LogP contribution in [0.15, 0.2) is 24.3 Å². The van der Waals surface area contributed by atoms with E-state index in [2.05, 4.69) is 15.4 Å². The van der Waals surface area contributed by atoms with Gasteiger partial charge in [-0.3, -0.25) is 14.5 Å². The molecule has 2 aromatic rings. The van der Waals surface area contributed by atoms with E-state index in [0.29, 0.717) is 12.2 Å². The van der Waals surface area contributed by atoms with Crippen LogP contribution in [-0.4, -0.2) is 40.2 Å². The predicted octanol–water partition coefficient (Wildman–Crippen LogP) is 1.75. The molecule has 24 heavy (non-hydrogen) atoms. The van der Waals surface area contributed by atoms with E-state index >= 15 is 0 Å². The highest BCUT2D eigenvalue weighted by Crippen LogP contribution is 2.47. The number of carbonyl (C=O) groups is 2. The first-order valence-electron chi connectivity index (χ1n) is 7.94. The van der Waals surface area contributed by atoms with Crippen LogP contribution in [0.3, 0.4) is 0 Å². The monoisotopic (exact) mass is 342 g/mol. The van der Waals surface area contributed by atoms with E-state index < -0.39 is 5.41 Å².